The van der Waals surface area contributed by atoms with Crippen LogP contribution in [0.5, 0.6) is 0 Å². The summed E-state index contributed by atoms with van der Waals surface area (Å²) in [6.07, 6.45) is -0.140. The lowest BCUT2D eigenvalue weighted by Crippen LogP contribution is -2.27. The number of anilines is 1. The molecule has 1 fully saturated rings. The third kappa shape index (κ3) is 3.32. The highest BCUT2D eigenvalue weighted by atomic mass is 32.2. The van der Waals surface area contributed by atoms with E-state index in [2.05, 4.69) is 10.6 Å². The first-order valence-corrected chi connectivity index (χ1v) is 6.39. The molecule has 2 rings (SSSR count). The van der Waals surface area contributed by atoms with Crippen molar-refractivity contribution in [2.24, 2.45) is 0 Å². The number of hydrogen-bond acceptors (Lipinski definition) is 6. The molecular weight excluding hydrogens is 286 g/mol. The molecule has 1 aliphatic heterocycles. The molecule has 1 atom stereocenters. The van der Waals surface area contributed by atoms with Crippen molar-refractivity contribution in [1.82, 2.24) is 5.32 Å². The first kappa shape index (κ1) is 14.0. The molecule has 20 heavy (non-hydrogen) atoms. The number of imide groups is 1. The summed E-state index contributed by atoms with van der Waals surface area (Å²) in [6.45, 7) is 0. The summed E-state index contributed by atoms with van der Waals surface area (Å²) in [6, 6.07) is 5.30. The summed E-state index contributed by atoms with van der Waals surface area (Å²) in [7, 11) is 0. The average molecular weight is 295 g/mol. The van der Waals surface area contributed by atoms with Gasteiger partial charge in [-0.1, -0.05) is 11.8 Å². The highest BCUT2D eigenvalue weighted by Gasteiger charge is 2.33. The lowest BCUT2D eigenvalue weighted by atomic mass is 10.2. The van der Waals surface area contributed by atoms with Gasteiger partial charge in [-0.2, -0.15) is 0 Å². The van der Waals surface area contributed by atoms with E-state index in [0.717, 1.165) is 11.8 Å². The summed E-state index contributed by atoms with van der Waals surface area (Å²) in [5.74, 6) is -0.931. The van der Waals surface area contributed by atoms with Gasteiger partial charge in [0, 0.05) is 24.2 Å². The number of benzene rings is 1. The van der Waals surface area contributed by atoms with E-state index in [1.54, 1.807) is 0 Å². The van der Waals surface area contributed by atoms with Crippen molar-refractivity contribution in [3.8, 4) is 0 Å². The van der Waals surface area contributed by atoms with E-state index in [1.165, 1.54) is 24.3 Å². The Morgan fingerprint density at radius 1 is 1.35 bits per heavy atom. The van der Waals surface area contributed by atoms with Gasteiger partial charge < -0.3 is 5.32 Å². The normalized spacial score (nSPS) is 17.7. The van der Waals surface area contributed by atoms with Crippen molar-refractivity contribution in [3.63, 3.8) is 0 Å². The van der Waals surface area contributed by atoms with Gasteiger partial charge in [0.05, 0.1) is 4.92 Å². The summed E-state index contributed by atoms with van der Waals surface area (Å²) < 4.78 is 0. The van der Waals surface area contributed by atoms with Gasteiger partial charge in [-0.25, -0.2) is 0 Å². The van der Waals surface area contributed by atoms with Crippen LogP contribution in [0.4, 0.5) is 16.2 Å². The van der Waals surface area contributed by atoms with Crippen LogP contribution in [-0.2, 0) is 9.59 Å². The van der Waals surface area contributed by atoms with E-state index in [4.69, 9.17) is 0 Å². The molecule has 0 saturated carbocycles. The smallest absolute Gasteiger partial charge is 0.286 e. The molecule has 0 unspecified atom stereocenters. The Bertz CT molecular complexity index is 586. The van der Waals surface area contributed by atoms with Gasteiger partial charge in [0.1, 0.15) is 5.25 Å². The van der Waals surface area contributed by atoms with Crippen LogP contribution in [0.25, 0.3) is 0 Å². The van der Waals surface area contributed by atoms with Gasteiger partial charge in [0.15, 0.2) is 0 Å². The predicted octanol–water partition coefficient (Wildman–Crippen LogP) is 1.27. The molecule has 104 valence electrons. The van der Waals surface area contributed by atoms with E-state index in [1.807, 2.05) is 0 Å². The Kier molecular flexibility index (Phi) is 3.99. The van der Waals surface area contributed by atoms with Gasteiger partial charge in [-0.3, -0.25) is 29.8 Å². The highest BCUT2D eigenvalue weighted by Crippen LogP contribution is 2.22. The predicted molar refractivity (Wildman–Crippen MR) is 71.3 cm³/mol. The summed E-state index contributed by atoms with van der Waals surface area (Å²) in [5, 5.41) is 13.9. The minimum atomic E-state index is -0.736. The molecule has 1 aromatic carbocycles. The minimum Gasteiger partial charge on any atom is -0.326 e. The zero-order valence-electron chi connectivity index (χ0n) is 9.99. The summed E-state index contributed by atoms with van der Waals surface area (Å²) in [5.41, 5.74) is 0.301. The van der Waals surface area contributed by atoms with Crippen LogP contribution in [0.15, 0.2) is 24.3 Å². The first-order valence-electron chi connectivity index (χ1n) is 5.51. The molecule has 0 aromatic heterocycles. The summed E-state index contributed by atoms with van der Waals surface area (Å²) >= 11 is 0.769. The molecular formula is C11H9N3O5S. The van der Waals surface area contributed by atoms with Crippen LogP contribution in [0, 0.1) is 10.1 Å². The number of nitrogens with zero attached hydrogens (tertiary/aromatic N) is 1. The second-order valence-electron chi connectivity index (χ2n) is 3.94. The Hall–Kier alpha value is -2.42. The number of amides is 3. The largest absolute Gasteiger partial charge is 0.326 e. The Balaban J connectivity index is 1.93. The molecule has 1 saturated heterocycles. The molecule has 0 radical (unpaired) electrons. The molecule has 3 amide bonds. The van der Waals surface area contributed by atoms with Crippen molar-refractivity contribution in [1.29, 1.82) is 0 Å². The van der Waals surface area contributed by atoms with Crippen molar-refractivity contribution in [3.05, 3.63) is 34.4 Å². The van der Waals surface area contributed by atoms with Gasteiger partial charge in [-0.05, 0) is 12.1 Å². The van der Waals surface area contributed by atoms with Crippen LogP contribution in [0.3, 0.4) is 0 Å². The van der Waals surface area contributed by atoms with E-state index in [9.17, 15) is 24.5 Å². The van der Waals surface area contributed by atoms with Gasteiger partial charge in [0.25, 0.3) is 10.9 Å². The first-order chi connectivity index (χ1) is 9.45. The number of hydrogen-bond donors (Lipinski definition) is 2. The van der Waals surface area contributed by atoms with E-state index < -0.39 is 27.2 Å². The van der Waals surface area contributed by atoms with Crippen LogP contribution >= 0.6 is 11.8 Å². The standard InChI is InChI=1S/C11H9N3O5S/c15-9(5-8-10(16)13-11(17)20-8)12-6-1-3-7(4-2-6)14(18)19/h1-4,8H,5H2,(H,12,15)(H,13,16,17)/t8-/m1/s1. The number of nitro groups is 1. The SMILES string of the molecule is O=C(C[C@H]1SC(=O)NC1=O)Nc1ccc([N+](=O)[O-])cc1. The minimum absolute atomic E-state index is 0.0840. The molecule has 2 N–H and O–H groups in total. The quantitative estimate of drug-likeness (QED) is 0.638. The second kappa shape index (κ2) is 5.70. The van der Waals surface area contributed by atoms with E-state index in [-0.39, 0.29) is 12.1 Å². The van der Waals surface area contributed by atoms with E-state index in [0.29, 0.717) is 5.69 Å². The topological polar surface area (TPSA) is 118 Å². The number of nitro benzene ring substituents is 1. The number of non-ortho nitro benzene ring substituents is 1. The van der Waals surface area contributed by atoms with Crippen LogP contribution in [0.2, 0.25) is 0 Å². The third-order valence-corrected chi connectivity index (χ3v) is 3.48. The molecule has 1 heterocycles. The second-order valence-corrected chi connectivity index (χ2v) is 5.12. The van der Waals surface area contributed by atoms with Gasteiger partial charge in [-0.15, -0.1) is 0 Å². The molecule has 0 spiro atoms. The maximum absolute atomic E-state index is 11.7. The Morgan fingerprint density at radius 3 is 2.50 bits per heavy atom. The van der Waals surface area contributed by atoms with Crippen LogP contribution in [0.1, 0.15) is 6.42 Å². The molecule has 8 nitrogen and oxygen atoms in total. The highest BCUT2D eigenvalue weighted by molar-refractivity contribution is 8.15. The van der Waals surface area contributed by atoms with Crippen molar-refractivity contribution >= 4 is 40.2 Å². The lowest BCUT2D eigenvalue weighted by Gasteiger charge is -2.06. The number of nitrogens with one attached hydrogen (secondary N) is 2. The monoisotopic (exact) mass is 295 g/mol. The zero-order valence-corrected chi connectivity index (χ0v) is 10.8. The lowest BCUT2D eigenvalue weighted by molar-refractivity contribution is -0.384. The Labute approximate surface area is 117 Å². The van der Waals surface area contributed by atoms with Gasteiger partial charge >= 0.3 is 0 Å². The molecule has 1 aliphatic rings. The average Bonchev–Trinajstić information content (AvgIpc) is 2.68. The number of thioether (sulfide) groups is 1. The van der Waals surface area contributed by atoms with Crippen LogP contribution in [-0.4, -0.2) is 27.2 Å². The number of carbonyl (C=O) groups excluding carboxylic acids is 3. The fraction of sp³-hybridized carbons (Fsp3) is 0.182. The maximum Gasteiger partial charge on any atom is 0.286 e. The van der Waals surface area contributed by atoms with Crippen molar-refractivity contribution < 1.29 is 19.3 Å². The fourth-order valence-corrected chi connectivity index (χ4v) is 2.39. The number of carbonyl (C=O) groups is 3. The summed E-state index contributed by atoms with van der Waals surface area (Å²) in [4.78, 5) is 43.8. The fourth-order valence-electron chi connectivity index (χ4n) is 1.57. The molecule has 0 bridgehead atoms. The number of rotatable bonds is 4. The van der Waals surface area contributed by atoms with E-state index >= 15 is 0 Å². The maximum atomic E-state index is 11.7. The Morgan fingerprint density at radius 2 is 2.00 bits per heavy atom. The molecule has 9 heteroatoms. The third-order valence-electron chi connectivity index (χ3n) is 2.50. The zero-order chi connectivity index (χ0) is 14.7. The van der Waals surface area contributed by atoms with Crippen molar-refractivity contribution in [2.45, 2.75) is 11.7 Å². The molecule has 1 aromatic rings. The van der Waals surface area contributed by atoms with Crippen LogP contribution < -0.4 is 10.6 Å². The van der Waals surface area contributed by atoms with Gasteiger partial charge in [0.2, 0.25) is 11.8 Å². The molecule has 0 aliphatic carbocycles. The van der Waals surface area contributed by atoms with Crippen molar-refractivity contribution in [2.75, 3.05) is 5.32 Å².